The largest absolute Gasteiger partial charge is 0.507 e. The van der Waals surface area contributed by atoms with E-state index < -0.39 is 0 Å². The van der Waals surface area contributed by atoms with E-state index in [4.69, 9.17) is 9.97 Å². The smallest absolute Gasteiger partial charge is 0.148 e. The first-order valence-corrected chi connectivity index (χ1v) is 25.8. The van der Waals surface area contributed by atoms with E-state index in [0.717, 1.165) is 77.8 Å². The molecule has 0 fully saturated rings. The first-order valence-electron chi connectivity index (χ1n) is 25.8. The summed E-state index contributed by atoms with van der Waals surface area (Å²) >= 11 is 0. The van der Waals surface area contributed by atoms with Gasteiger partial charge in [0, 0.05) is 59.4 Å². The molecule has 0 saturated heterocycles. The maximum Gasteiger partial charge on any atom is 0.148 e. The summed E-state index contributed by atoms with van der Waals surface area (Å²) in [5.74, 6) is 0.931. The molecule has 0 aliphatic heterocycles. The molecule has 8 aromatic carbocycles. The van der Waals surface area contributed by atoms with Gasteiger partial charge in [-0.25, -0.2) is 4.98 Å². The summed E-state index contributed by atoms with van der Waals surface area (Å²) in [7, 11) is 0. The number of hydrogen-bond donors (Lipinski definition) is 1. The Morgan fingerprint density at radius 1 is 0.459 bits per heavy atom. The van der Waals surface area contributed by atoms with Crippen LogP contribution >= 0.6 is 0 Å². The van der Waals surface area contributed by atoms with Crippen LogP contribution < -0.4 is 0 Å². The number of fused-ring (bicyclic) bond motifs is 6. The zero-order chi connectivity index (χ0) is 51.1. The molecule has 0 radical (unpaired) electrons. The van der Waals surface area contributed by atoms with Crippen LogP contribution in [0.2, 0.25) is 0 Å². The van der Waals surface area contributed by atoms with Crippen LogP contribution in [-0.4, -0.2) is 24.0 Å². The molecule has 372 valence electrons. The number of benzene rings is 8. The van der Waals surface area contributed by atoms with Crippen molar-refractivity contribution in [1.82, 2.24) is 18.9 Å². The van der Waals surface area contributed by atoms with E-state index in [-0.39, 0.29) is 48.5 Å². The summed E-state index contributed by atoms with van der Waals surface area (Å²) in [4.78, 5) is 11.3. The summed E-state index contributed by atoms with van der Waals surface area (Å²) in [6.45, 7) is 26.9. The Labute approximate surface area is 449 Å². The minimum absolute atomic E-state index is 0. The van der Waals surface area contributed by atoms with Crippen molar-refractivity contribution in [2.24, 2.45) is 0 Å². The number of aromatic nitrogens is 4. The topological polar surface area (TPSA) is 55.4 Å². The third-order valence-corrected chi connectivity index (χ3v) is 15.2. The van der Waals surface area contributed by atoms with Gasteiger partial charge >= 0.3 is 0 Å². The predicted octanol–water partition coefficient (Wildman–Crippen LogP) is 18.1. The van der Waals surface area contributed by atoms with Gasteiger partial charge in [-0.2, -0.15) is 0 Å². The monoisotopic (exact) mass is 1150 g/mol. The number of imidazole rings is 1. The molecule has 6 heteroatoms. The number of nitrogens with zero attached hydrogens (tertiary/aromatic N) is 4. The van der Waals surface area contributed by atoms with Crippen LogP contribution in [0.15, 0.2) is 158 Å². The molecule has 12 rings (SSSR count). The first-order chi connectivity index (χ1) is 34.6. The van der Waals surface area contributed by atoms with Crippen LogP contribution in [0, 0.1) is 6.07 Å². The Hall–Kier alpha value is -7.07. The molecule has 0 amide bonds. The summed E-state index contributed by atoms with van der Waals surface area (Å²) in [5, 5.41) is 18.8. The predicted molar refractivity (Wildman–Crippen MR) is 308 cm³/mol. The molecule has 12 aromatic rings. The number of phenolic OH excluding ortho intramolecular Hbond substituents is 1. The van der Waals surface area contributed by atoms with Crippen LogP contribution in [0.3, 0.4) is 0 Å². The SMILES string of the molecule is CC(C)(C)c1cc(-c2cc3c4c(cccc4c4cccc5c6ccccc6n3c45)n2)[c-]c(-c2cccc3c2nc(-c2cc(C(C)(C)C)cc(C(C)(C)C)c2O)n3-c2ccc(C(C)(C)C)cc2-c2ccccc2)c1.[Pt]. The molecule has 1 N–H and O–H groups in total. The van der Waals surface area contributed by atoms with Gasteiger partial charge in [-0.3, -0.25) is 9.55 Å². The average Bonchev–Trinajstić information content (AvgIpc) is 3.91. The summed E-state index contributed by atoms with van der Waals surface area (Å²) < 4.78 is 4.75. The van der Waals surface area contributed by atoms with Crippen molar-refractivity contribution < 1.29 is 26.2 Å². The van der Waals surface area contributed by atoms with Crippen molar-refractivity contribution in [3.05, 3.63) is 186 Å². The van der Waals surface area contributed by atoms with Crippen LogP contribution in [0.4, 0.5) is 0 Å². The standard InChI is InChI=1S/C68H63N4O.Pt/c1-65(2,3)43-31-32-57(51(36-43)40-21-14-13-15-22-40)72-58-30-20-24-46(61(58)70-64(72)52-37-45(67(7,8)9)38-53(63(52)73)68(10,11)12)41-33-42(35-44(34-41)66(4,5)6)55-39-59-60-48(25-19-28-54(60)69-55)50-27-18-26-49-47-23-16-17-29-56(47)71(59)62(49)50;/h13-32,34-39,73H,1-12H3;/q-1;. The number of rotatable bonds is 5. The van der Waals surface area contributed by atoms with E-state index in [1.54, 1.807) is 0 Å². The van der Waals surface area contributed by atoms with Gasteiger partial charge in [-0.15, -0.1) is 29.3 Å². The fourth-order valence-corrected chi connectivity index (χ4v) is 11.2. The number of para-hydroxylation sites is 3. The fraction of sp³-hybridized carbons (Fsp3) is 0.235. The Morgan fingerprint density at radius 2 is 1.05 bits per heavy atom. The maximum absolute atomic E-state index is 12.7. The second-order valence-electron chi connectivity index (χ2n) is 24.4. The molecule has 4 aromatic heterocycles. The van der Waals surface area contributed by atoms with E-state index in [0.29, 0.717) is 11.4 Å². The molecule has 0 bridgehead atoms. The van der Waals surface area contributed by atoms with Gasteiger partial charge in [-0.05, 0) is 86.2 Å². The number of pyridine rings is 2. The maximum atomic E-state index is 12.7. The Bertz CT molecular complexity index is 4190. The molecular weight excluding hydrogens is 1080 g/mol. The van der Waals surface area contributed by atoms with Gasteiger partial charge in [-0.1, -0.05) is 197 Å². The molecule has 0 aliphatic carbocycles. The van der Waals surface area contributed by atoms with Crippen molar-refractivity contribution in [2.45, 2.75) is 105 Å². The van der Waals surface area contributed by atoms with E-state index in [1.807, 2.05) is 0 Å². The van der Waals surface area contributed by atoms with E-state index >= 15 is 0 Å². The molecule has 5 nitrogen and oxygen atoms in total. The molecule has 0 saturated carbocycles. The molecule has 4 heterocycles. The van der Waals surface area contributed by atoms with Gasteiger partial charge in [0.15, 0.2) is 0 Å². The van der Waals surface area contributed by atoms with Crippen LogP contribution in [0.25, 0.3) is 111 Å². The second-order valence-corrected chi connectivity index (χ2v) is 24.4. The fourth-order valence-electron chi connectivity index (χ4n) is 11.2. The van der Waals surface area contributed by atoms with E-state index in [9.17, 15) is 5.11 Å². The third kappa shape index (κ3) is 7.93. The quantitative estimate of drug-likeness (QED) is 0.106. The number of aromatic hydroxyl groups is 1. The van der Waals surface area contributed by atoms with Crippen molar-refractivity contribution in [3.8, 4) is 56.3 Å². The summed E-state index contributed by atoms with van der Waals surface area (Å²) in [6.07, 6.45) is 0. The van der Waals surface area contributed by atoms with E-state index in [1.165, 1.54) is 43.7 Å². The average molecular weight is 1150 g/mol. The molecule has 0 spiro atoms. The van der Waals surface area contributed by atoms with Gasteiger partial charge in [0.2, 0.25) is 0 Å². The zero-order valence-electron chi connectivity index (χ0n) is 44.6. The van der Waals surface area contributed by atoms with Crippen molar-refractivity contribution in [1.29, 1.82) is 0 Å². The van der Waals surface area contributed by atoms with Gasteiger partial charge < -0.3 is 9.51 Å². The van der Waals surface area contributed by atoms with E-state index in [2.05, 4.69) is 256 Å². The molecule has 0 unspecified atom stereocenters. The normalized spacial score (nSPS) is 12.8. The summed E-state index contributed by atoms with van der Waals surface area (Å²) in [5.41, 5.74) is 17.4. The molecule has 0 aliphatic rings. The second kappa shape index (κ2) is 17.3. The first kappa shape index (κ1) is 49.2. The molecule has 0 atom stereocenters. The van der Waals surface area contributed by atoms with Crippen molar-refractivity contribution in [3.63, 3.8) is 0 Å². The Kier molecular flexibility index (Phi) is 11.5. The van der Waals surface area contributed by atoms with Crippen LogP contribution in [0.1, 0.15) is 105 Å². The number of hydrogen-bond acceptors (Lipinski definition) is 3. The Morgan fingerprint density at radius 3 is 1.77 bits per heavy atom. The number of phenols is 1. The third-order valence-electron chi connectivity index (χ3n) is 15.2. The van der Waals surface area contributed by atoms with Gasteiger partial charge in [0.1, 0.15) is 11.6 Å². The molecule has 74 heavy (non-hydrogen) atoms. The van der Waals surface area contributed by atoms with Gasteiger partial charge in [0.05, 0.1) is 44.4 Å². The minimum Gasteiger partial charge on any atom is -0.507 e. The van der Waals surface area contributed by atoms with Crippen molar-refractivity contribution >= 4 is 60.0 Å². The molecular formula is C68H63N4OPt-. The Balaban J connectivity index is 0.00000588. The zero-order valence-corrected chi connectivity index (χ0v) is 46.8. The van der Waals surface area contributed by atoms with Crippen molar-refractivity contribution in [2.75, 3.05) is 0 Å². The summed E-state index contributed by atoms with van der Waals surface area (Å²) in [6, 6.07) is 61.2. The van der Waals surface area contributed by atoms with Crippen LogP contribution in [-0.2, 0) is 42.7 Å². The minimum atomic E-state index is -0.342. The van der Waals surface area contributed by atoms with Gasteiger partial charge in [0.25, 0.3) is 0 Å². The van der Waals surface area contributed by atoms with Crippen LogP contribution in [0.5, 0.6) is 5.75 Å².